The lowest BCUT2D eigenvalue weighted by Gasteiger charge is -1.98. The van der Waals surface area contributed by atoms with Gasteiger partial charge >= 0.3 is 0 Å². The van der Waals surface area contributed by atoms with Gasteiger partial charge in [0.2, 0.25) is 0 Å². The van der Waals surface area contributed by atoms with Crippen LogP contribution in [0.4, 0.5) is 0 Å². The van der Waals surface area contributed by atoms with Crippen molar-refractivity contribution in [2.45, 2.75) is 6.10 Å². The first-order chi connectivity index (χ1) is 3.39. The summed E-state index contributed by atoms with van der Waals surface area (Å²) in [5, 5.41) is 11.9. The molecule has 1 aliphatic heterocycles. The van der Waals surface area contributed by atoms with Crippen molar-refractivity contribution in [2.75, 3.05) is 0 Å². The van der Waals surface area contributed by atoms with Gasteiger partial charge in [0.05, 0.1) is 6.21 Å². The summed E-state index contributed by atoms with van der Waals surface area (Å²) in [6.07, 6.45) is 3.58. The number of hydrogen-bond donors (Lipinski definition) is 1. The third-order valence-corrected chi connectivity index (χ3v) is 0.611. The van der Waals surface area contributed by atoms with Crippen LogP contribution in [0.2, 0.25) is 0 Å². The van der Waals surface area contributed by atoms with Crippen molar-refractivity contribution in [3.63, 3.8) is 0 Å². The summed E-state index contributed by atoms with van der Waals surface area (Å²) in [6, 6.07) is 0. The molecule has 0 radical (unpaired) electrons. The molecule has 1 unspecified atom stereocenters. The fourth-order valence-corrected chi connectivity index (χ4v) is 0.298. The highest BCUT2D eigenvalue weighted by atomic mass is 16.6. The molecule has 0 aliphatic carbocycles. The fourth-order valence-electron chi connectivity index (χ4n) is 0.298. The highest BCUT2D eigenvalue weighted by Gasteiger charge is 1.94. The Kier molecular flexibility index (Phi) is 1.08. The topological polar surface area (TPSA) is 41.8 Å². The lowest BCUT2D eigenvalue weighted by Crippen LogP contribution is -2.05. The summed E-state index contributed by atoms with van der Waals surface area (Å²) in [4.78, 5) is 4.37. The zero-order valence-corrected chi connectivity index (χ0v) is 3.61. The Morgan fingerprint density at radius 2 is 2.57 bits per heavy atom. The van der Waals surface area contributed by atoms with Gasteiger partial charge in [-0.2, -0.15) is 0 Å². The molecule has 0 saturated heterocycles. The van der Waals surface area contributed by atoms with Gasteiger partial charge in [-0.05, 0) is 6.08 Å². The molecular weight excluding hydrogens is 94.0 g/mol. The third kappa shape index (κ3) is 1.01. The van der Waals surface area contributed by atoms with Crippen LogP contribution in [-0.4, -0.2) is 17.4 Å². The van der Waals surface area contributed by atoms with Crippen molar-refractivity contribution >= 4 is 6.21 Å². The molecule has 3 heteroatoms. The minimum Gasteiger partial charge on any atom is -0.383 e. The van der Waals surface area contributed by atoms with Crippen LogP contribution in [0.25, 0.3) is 0 Å². The van der Waals surface area contributed by atoms with E-state index in [0.717, 1.165) is 0 Å². The van der Waals surface area contributed by atoms with E-state index in [0.29, 0.717) is 0 Å². The van der Waals surface area contributed by atoms with Crippen LogP contribution >= 0.6 is 0 Å². The number of oxime groups is 1. The van der Waals surface area contributed by atoms with E-state index >= 15 is 0 Å². The predicted octanol–water partition coefficient (Wildman–Crippen LogP) is -0.123. The van der Waals surface area contributed by atoms with Crippen molar-refractivity contribution in [3.05, 3.63) is 12.3 Å². The fraction of sp³-hybridized carbons (Fsp3) is 0.250. The number of aliphatic hydroxyl groups excluding tert-OH is 1. The summed E-state index contributed by atoms with van der Waals surface area (Å²) in [5.74, 6) is 0. The summed E-state index contributed by atoms with van der Waals surface area (Å²) in [5.41, 5.74) is 0. The number of nitrogens with zero attached hydrogens (tertiary/aromatic N) is 1. The molecular formula is C4H5NO2. The molecule has 3 nitrogen and oxygen atoms in total. The molecule has 0 amide bonds. The molecule has 38 valence electrons. The van der Waals surface area contributed by atoms with E-state index in [1.165, 1.54) is 18.6 Å². The molecule has 0 saturated carbocycles. The van der Waals surface area contributed by atoms with Gasteiger partial charge in [0.15, 0.2) is 0 Å². The van der Waals surface area contributed by atoms with Crippen molar-refractivity contribution in [3.8, 4) is 0 Å². The summed E-state index contributed by atoms with van der Waals surface area (Å²) >= 11 is 0. The van der Waals surface area contributed by atoms with Gasteiger partial charge in [0, 0.05) is 0 Å². The molecule has 1 rings (SSSR count). The highest BCUT2D eigenvalue weighted by Crippen LogP contribution is 1.90. The van der Waals surface area contributed by atoms with Crippen LogP contribution in [0, 0.1) is 0 Å². The normalized spacial score (nSPS) is 27.3. The van der Waals surface area contributed by atoms with Gasteiger partial charge in [-0.15, -0.1) is 0 Å². The van der Waals surface area contributed by atoms with Gasteiger partial charge in [-0.1, -0.05) is 5.16 Å². The molecule has 1 N–H and O–H groups in total. The SMILES string of the molecule is OC1C=CON=C1. The highest BCUT2D eigenvalue weighted by molar-refractivity contribution is 5.65. The second kappa shape index (κ2) is 1.75. The monoisotopic (exact) mass is 99.0 g/mol. The Morgan fingerprint density at radius 1 is 1.71 bits per heavy atom. The van der Waals surface area contributed by atoms with Gasteiger partial charge in [-0.25, -0.2) is 0 Å². The van der Waals surface area contributed by atoms with Crippen molar-refractivity contribution < 1.29 is 9.94 Å². The molecule has 7 heavy (non-hydrogen) atoms. The minimum absolute atomic E-state index is 0.561. The lowest BCUT2D eigenvalue weighted by molar-refractivity contribution is 0.226. The largest absolute Gasteiger partial charge is 0.383 e. The van der Waals surface area contributed by atoms with E-state index < -0.39 is 6.10 Å². The molecule has 1 atom stereocenters. The Bertz CT molecular complexity index is 96.3. The van der Waals surface area contributed by atoms with E-state index in [1.54, 1.807) is 0 Å². The summed E-state index contributed by atoms with van der Waals surface area (Å²) in [6.45, 7) is 0. The second-order valence-corrected chi connectivity index (χ2v) is 1.18. The van der Waals surface area contributed by atoms with E-state index in [-0.39, 0.29) is 0 Å². The third-order valence-electron chi connectivity index (χ3n) is 0.611. The number of hydrogen-bond acceptors (Lipinski definition) is 3. The van der Waals surface area contributed by atoms with E-state index in [2.05, 4.69) is 9.99 Å². The van der Waals surface area contributed by atoms with Gasteiger partial charge in [-0.3, -0.25) is 0 Å². The first-order valence-electron chi connectivity index (χ1n) is 1.93. The van der Waals surface area contributed by atoms with Crippen molar-refractivity contribution in [2.24, 2.45) is 5.16 Å². The maximum atomic E-state index is 8.59. The standard InChI is InChI=1S/C4H5NO2/c6-4-1-2-7-5-3-4/h1-4,6H. The zero-order valence-electron chi connectivity index (χ0n) is 3.61. The molecule has 0 bridgehead atoms. The molecule has 0 aromatic rings. The van der Waals surface area contributed by atoms with E-state index in [4.69, 9.17) is 5.11 Å². The quantitative estimate of drug-likeness (QED) is 0.460. The smallest absolute Gasteiger partial charge is 0.121 e. The maximum absolute atomic E-state index is 8.59. The van der Waals surface area contributed by atoms with Crippen LogP contribution in [-0.2, 0) is 4.84 Å². The Labute approximate surface area is 40.9 Å². The number of rotatable bonds is 0. The molecule has 1 heterocycles. The molecule has 0 aromatic heterocycles. The van der Waals surface area contributed by atoms with Crippen LogP contribution in [0.1, 0.15) is 0 Å². The molecule has 1 aliphatic rings. The van der Waals surface area contributed by atoms with E-state index in [1.807, 2.05) is 0 Å². The number of aliphatic hydroxyl groups is 1. The molecule has 0 fully saturated rings. The molecule has 0 spiro atoms. The van der Waals surface area contributed by atoms with Crippen LogP contribution < -0.4 is 0 Å². The lowest BCUT2D eigenvalue weighted by atomic mass is 10.4. The van der Waals surface area contributed by atoms with Gasteiger partial charge in [0.25, 0.3) is 0 Å². The zero-order chi connectivity index (χ0) is 5.11. The Morgan fingerprint density at radius 3 is 2.86 bits per heavy atom. The van der Waals surface area contributed by atoms with Crippen LogP contribution in [0.15, 0.2) is 17.5 Å². The van der Waals surface area contributed by atoms with Gasteiger partial charge in [0.1, 0.15) is 12.4 Å². The average molecular weight is 99.1 g/mol. The molecule has 0 aromatic carbocycles. The first-order valence-corrected chi connectivity index (χ1v) is 1.93. The van der Waals surface area contributed by atoms with Crippen LogP contribution in [0.3, 0.4) is 0 Å². The average Bonchev–Trinajstić information content (AvgIpc) is 1.69. The summed E-state index contributed by atoms with van der Waals surface area (Å²) < 4.78 is 0. The predicted molar refractivity (Wildman–Crippen MR) is 24.7 cm³/mol. The minimum atomic E-state index is -0.561. The van der Waals surface area contributed by atoms with E-state index in [9.17, 15) is 0 Å². The van der Waals surface area contributed by atoms with Crippen LogP contribution in [0.5, 0.6) is 0 Å². The first kappa shape index (κ1) is 4.33. The Balaban J connectivity index is 2.49. The van der Waals surface area contributed by atoms with Gasteiger partial charge < -0.3 is 9.94 Å². The van der Waals surface area contributed by atoms with Crippen molar-refractivity contribution in [1.82, 2.24) is 0 Å². The maximum Gasteiger partial charge on any atom is 0.121 e. The Hall–Kier alpha value is -0.830. The van der Waals surface area contributed by atoms with Crippen molar-refractivity contribution in [1.29, 1.82) is 0 Å². The summed E-state index contributed by atoms with van der Waals surface area (Å²) in [7, 11) is 0. The second-order valence-electron chi connectivity index (χ2n) is 1.18.